The number of piperazine rings is 2. The van der Waals surface area contributed by atoms with Gasteiger partial charge >= 0.3 is 0 Å². The van der Waals surface area contributed by atoms with Gasteiger partial charge in [-0.3, -0.25) is 14.4 Å². The molecule has 0 radical (unpaired) electrons. The third-order valence-corrected chi connectivity index (χ3v) is 6.08. The van der Waals surface area contributed by atoms with Crippen LogP contribution in [0.25, 0.3) is 10.8 Å². The van der Waals surface area contributed by atoms with E-state index < -0.39 is 18.2 Å². The van der Waals surface area contributed by atoms with Gasteiger partial charge in [-0.25, -0.2) is 0 Å². The molecule has 0 spiro atoms. The quantitative estimate of drug-likeness (QED) is 0.781. The second-order valence-electron chi connectivity index (χ2n) is 7.76. The molecule has 3 aliphatic heterocycles. The van der Waals surface area contributed by atoms with E-state index in [2.05, 4.69) is 0 Å². The van der Waals surface area contributed by atoms with Crippen LogP contribution in [0.2, 0.25) is 0 Å². The number of nitrogens with zero attached hydrogens (tertiary/aromatic N) is 3. The zero-order chi connectivity index (χ0) is 19.4. The Morgan fingerprint density at radius 2 is 1.64 bits per heavy atom. The van der Waals surface area contributed by atoms with Crippen molar-refractivity contribution in [3.05, 3.63) is 48.0 Å². The van der Waals surface area contributed by atoms with Crippen molar-refractivity contribution >= 4 is 28.5 Å². The molecule has 3 aliphatic rings. The lowest BCUT2D eigenvalue weighted by Gasteiger charge is -2.47. The largest absolute Gasteiger partial charge is 0.391 e. The summed E-state index contributed by atoms with van der Waals surface area (Å²) in [7, 11) is 0. The molecule has 5 rings (SSSR count). The molecular formula is C21H21N3O4. The van der Waals surface area contributed by atoms with Crippen molar-refractivity contribution < 1.29 is 19.5 Å². The van der Waals surface area contributed by atoms with Crippen LogP contribution >= 0.6 is 0 Å². The number of hydrogen-bond acceptors (Lipinski definition) is 4. The van der Waals surface area contributed by atoms with Gasteiger partial charge in [0.05, 0.1) is 12.6 Å². The molecule has 3 atom stereocenters. The first-order valence-electron chi connectivity index (χ1n) is 9.60. The van der Waals surface area contributed by atoms with Gasteiger partial charge in [0.15, 0.2) is 0 Å². The van der Waals surface area contributed by atoms with Crippen molar-refractivity contribution in [2.75, 3.05) is 26.2 Å². The Hall–Kier alpha value is -2.93. The average molecular weight is 379 g/mol. The minimum absolute atomic E-state index is 0.112. The van der Waals surface area contributed by atoms with Crippen LogP contribution in [0.5, 0.6) is 0 Å². The molecule has 3 saturated heterocycles. The van der Waals surface area contributed by atoms with E-state index in [1.165, 1.54) is 4.90 Å². The number of carbonyl (C=O) groups is 3. The SMILES string of the molecule is O=C(c1ccc2ccccc2c1)N1CCN2C(=O)[C@@H]3C[C@@H](O)CN3C(=O)[C@H]2C1. The first kappa shape index (κ1) is 17.2. The van der Waals surface area contributed by atoms with Crippen LogP contribution in [0.15, 0.2) is 42.5 Å². The Labute approximate surface area is 162 Å². The smallest absolute Gasteiger partial charge is 0.254 e. The van der Waals surface area contributed by atoms with Gasteiger partial charge in [-0.2, -0.15) is 0 Å². The highest BCUT2D eigenvalue weighted by Gasteiger charge is 2.51. The molecule has 7 nitrogen and oxygen atoms in total. The van der Waals surface area contributed by atoms with Gasteiger partial charge in [0.25, 0.3) is 5.91 Å². The molecule has 144 valence electrons. The molecule has 28 heavy (non-hydrogen) atoms. The summed E-state index contributed by atoms with van der Waals surface area (Å²) in [5, 5.41) is 11.9. The Morgan fingerprint density at radius 3 is 2.46 bits per heavy atom. The van der Waals surface area contributed by atoms with E-state index >= 15 is 0 Å². The molecule has 0 aliphatic carbocycles. The predicted octanol–water partition coefficient (Wildman–Crippen LogP) is 0.468. The monoisotopic (exact) mass is 379 g/mol. The predicted molar refractivity (Wildman–Crippen MR) is 101 cm³/mol. The zero-order valence-electron chi connectivity index (χ0n) is 15.3. The molecule has 0 saturated carbocycles. The highest BCUT2D eigenvalue weighted by molar-refractivity contribution is 6.01. The summed E-state index contributed by atoms with van der Waals surface area (Å²) in [5.74, 6) is -0.412. The average Bonchev–Trinajstić information content (AvgIpc) is 3.13. The van der Waals surface area contributed by atoms with Crippen molar-refractivity contribution in [3.8, 4) is 0 Å². The van der Waals surface area contributed by atoms with Crippen LogP contribution in [0.1, 0.15) is 16.8 Å². The fourth-order valence-electron chi connectivity index (χ4n) is 4.62. The van der Waals surface area contributed by atoms with E-state index in [4.69, 9.17) is 0 Å². The first-order chi connectivity index (χ1) is 13.5. The van der Waals surface area contributed by atoms with E-state index in [1.54, 1.807) is 15.9 Å². The van der Waals surface area contributed by atoms with Crippen molar-refractivity contribution in [2.45, 2.75) is 24.6 Å². The van der Waals surface area contributed by atoms with Crippen molar-refractivity contribution in [2.24, 2.45) is 0 Å². The summed E-state index contributed by atoms with van der Waals surface area (Å²) in [6.07, 6.45) is -0.359. The third-order valence-electron chi connectivity index (χ3n) is 6.08. The standard InChI is InChI=1S/C21H21N3O4/c25-16-10-17-20(27)23-8-7-22(12-18(23)21(28)24(17)11-16)19(26)15-6-5-13-3-1-2-4-14(13)9-15/h1-6,9,16-18,25H,7-8,10-12H2/t16-,17+,18-/m1/s1. The highest BCUT2D eigenvalue weighted by Crippen LogP contribution is 2.29. The molecule has 0 unspecified atom stereocenters. The van der Waals surface area contributed by atoms with Gasteiger partial charge in [0, 0.05) is 31.6 Å². The van der Waals surface area contributed by atoms with Crippen LogP contribution in [-0.2, 0) is 9.59 Å². The van der Waals surface area contributed by atoms with E-state index in [1.807, 2.05) is 36.4 Å². The minimum atomic E-state index is -0.660. The van der Waals surface area contributed by atoms with E-state index in [0.29, 0.717) is 25.1 Å². The maximum atomic E-state index is 13.0. The van der Waals surface area contributed by atoms with Gasteiger partial charge in [-0.1, -0.05) is 30.3 Å². The van der Waals surface area contributed by atoms with Crippen molar-refractivity contribution in [1.82, 2.24) is 14.7 Å². The summed E-state index contributed by atoms with van der Waals surface area (Å²) in [5.41, 5.74) is 0.580. The maximum Gasteiger partial charge on any atom is 0.254 e. The van der Waals surface area contributed by atoms with Crippen LogP contribution in [0.3, 0.4) is 0 Å². The molecule has 0 bridgehead atoms. The van der Waals surface area contributed by atoms with Gasteiger partial charge in [-0.05, 0) is 22.9 Å². The van der Waals surface area contributed by atoms with E-state index in [0.717, 1.165) is 10.8 Å². The normalized spacial score (nSPS) is 27.2. The number of rotatable bonds is 1. The van der Waals surface area contributed by atoms with Gasteiger partial charge in [-0.15, -0.1) is 0 Å². The Bertz CT molecular complexity index is 991. The van der Waals surface area contributed by atoms with E-state index in [9.17, 15) is 19.5 Å². The van der Waals surface area contributed by atoms with Gasteiger partial charge in [0.1, 0.15) is 12.1 Å². The minimum Gasteiger partial charge on any atom is -0.391 e. The van der Waals surface area contributed by atoms with E-state index in [-0.39, 0.29) is 30.8 Å². The number of aliphatic hydroxyl groups excluding tert-OH is 1. The van der Waals surface area contributed by atoms with Crippen LogP contribution in [0, 0.1) is 0 Å². The maximum absolute atomic E-state index is 13.0. The van der Waals surface area contributed by atoms with Crippen molar-refractivity contribution in [1.29, 1.82) is 0 Å². The number of hydrogen-bond donors (Lipinski definition) is 1. The summed E-state index contributed by atoms with van der Waals surface area (Å²) in [6.45, 7) is 1.12. The molecule has 1 N–H and O–H groups in total. The Morgan fingerprint density at radius 1 is 0.893 bits per heavy atom. The topological polar surface area (TPSA) is 81.2 Å². The van der Waals surface area contributed by atoms with Crippen LogP contribution in [0.4, 0.5) is 0 Å². The lowest BCUT2D eigenvalue weighted by molar-refractivity contribution is -0.162. The first-order valence-corrected chi connectivity index (χ1v) is 9.60. The molecular weight excluding hydrogens is 358 g/mol. The molecule has 3 heterocycles. The summed E-state index contributed by atoms with van der Waals surface area (Å²) >= 11 is 0. The molecule has 2 aromatic rings. The molecule has 2 aromatic carbocycles. The second kappa shape index (κ2) is 6.31. The second-order valence-corrected chi connectivity index (χ2v) is 7.76. The number of benzene rings is 2. The fourth-order valence-corrected chi connectivity index (χ4v) is 4.62. The molecule has 3 fully saturated rings. The lowest BCUT2D eigenvalue weighted by Crippen LogP contribution is -2.69. The summed E-state index contributed by atoms with van der Waals surface area (Å²) in [4.78, 5) is 43.4. The molecule has 0 aromatic heterocycles. The fraction of sp³-hybridized carbons (Fsp3) is 0.381. The number of amides is 3. The highest BCUT2D eigenvalue weighted by atomic mass is 16.3. The summed E-state index contributed by atoms with van der Waals surface area (Å²) < 4.78 is 0. The third kappa shape index (κ3) is 2.57. The Balaban J connectivity index is 1.39. The number of aliphatic hydroxyl groups is 1. The summed E-state index contributed by atoms with van der Waals surface area (Å²) in [6, 6.07) is 12.2. The van der Waals surface area contributed by atoms with Crippen LogP contribution < -0.4 is 0 Å². The zero-order valence-corrected chi connectivity index (χ0v) is 15.3. The number of fused-ring (bicyclic) bond motifs is 3. The lowest BCUT2D eigenvalue weighted by atomic mass is 10.0. The Kier molecular flexibility index (Phi) is 3.87. The van der Waals surface area contributed by atoms with Crippen molar-refractivity contribution in [3.63, 3.8) is 0 Å². The molecule has 3 amide bonds. The van der Waals surface area contributed by atoms with Gasteiger partial charge < -0.3 is 19.8 Å². The van der Waals surface area contributed by atoms with Gasteiger partial charge in [0.2, 0.25) is 11.8 Å². The van der Waals surface area contributed by atoms with Crippen LogP contribution in [-0.4, -0.2) is 81.9 Å². The number of carbonyl (C=O) groups excluding carboxylic acids is 3. The molecule has 7 heteroatoms.